The highest BCUT2D eigenvalue weighted by atomic mass is 32.2. The van der Waals surface area contributed by atoms with E-state index in [4.69, 9.17) is 9.47 Å². The number of nitrogens with zero attached hydrogens (tertiary/aromatic N) is 1. The number of rotatable bonds is 9. The molecule has 0 saturated heterocycles. The number of ether oxygens (including phenoxy) is 2. The summed E-state index contributed by atoms with van der Waals surface area (Å²) in [5.41, 5.74) is 0.596. The van der Waals surface area contributed by atoms with Gasteiger partial charge in [0.05, 0.1) is 17.9 Å². The molecule has 0 unspecified atom stereocenters. The molecule has 0 bridgehead atoms. The number of amides is 2. The molecule has 9 nitrogen and oxygen atoms in total. The van der Waals surface area contributed by atoms with Crippen molar-refractivity contribution in [3.63, 3.8) is 0 Å². The maximum Gasteiger partial charge on any atom is 0.414 e. The van der Waals surface area contributed by atoms with Crippen LogP contribution in [0.4, 0.5) is 9.18 Å². The predicted octanol–water partition coefficient (Wildman–Crippen LogP) is 1.26. The minimum atomic E-state index is -3.91. The number of sulfonamides is 1. The van der Waals surface area contributed by atoms with Gasteiger partial charge in [0.25, 0.3) is 5.91 Å². The molecule has 1 heterocycles. The fourth-order valence-electron chi connectivity index (χ4n) is 2.12. The lowest BCUT2D eigenvalue weighted by Crippen LogP contribution is -2.33. The van der Waals surface area contributed by atoms with Gasteiger partial charge < -0.3 is 14.8 Å². The second-order valence-electron chi connectivity index (χ2n) is 5.82. The Morgan fingerprint density at radius 3 is 2.48 bits per heavy atom. The Hall–Kier alpha value is -3.05. The van der Waals surface area contributed by atoms with Crippen LogP contribution in [0, 0.1) is 5.82 Å². The van der Waals surface area contributed by atoms with Crippen LogP contribution in [0.25, 0.3) is 0 Å². The molecule has 0 saturated carbocycles. The summed E-state index contributed by atoms with van der Waals surface area (Å²) in [4.78, 5) is 27.4. The first kappa shape index (κ1) is 22.2. The summed E-state index contributed by atoms with van der Waals surface area (Å²) in [5.74, 6) is -1.69. The summed E-state index contributed by atoms with van der Waals surface area (Å²) in [6, 6.07) is 7.94. The van der Waals surface area contributed by atoms with Crippen molar-refractivity contribution in [3.8, 4) is 5.88 Å². The number of aromatic nitrogens is 1. The zero-order valence-corrected chi connectivity index (χ0v) is 16.4. The van der Waals surface area contributed by atoms with Crippen LogP contribution in [-0.4, -0.2) is 51.4 Å². The third-order valence-electron chi connectivity index (χ3n) is 3.59. The van der Waals surface area contributed by atoms with Crippen LogP contribution in [0.3, 0.4) is 0 Å². The molecule has 2 rings (SSSR count). The van der Waals surface area contributed by atoms with Crippen LogP contribution in [0.2, 0.25) is 0 Å². The number of halogens is 1. The minimum absolute atomic E-state index is 0.0255. The third-order valence-corrected chi connectivity index (χ3v) is 4.83. The Morgan fingerprint density at radius 2 is 1.86 bits per heavy atom. The highest BCUT2D eigenvalue weighted by molar-refractivity contribution is 7.90. The minimum Gasteiger partial charge on any atom is -0.391 e. The molecule has 0 radical (unpaired) electrons. The van der Waals surface area contributed by atoms with Gasteiger partial charge in [-0.3, -0.25) is 4.79 Å². The number of carbonyl (C=O) groups is 2. The summed E-state index contributed by atoms with van der Waals surface area (Å²) in [6.07, 6.45) is 0.462. The van der Waals surface area contributed by atoms with E-state index in [1.54, 1.807) is 0 Å². The topological polar surface area (TPSA) is 124 Å². The molecule has 0 aliphatic carbocycles. The zero-order valence-electron chi connectivity index (χ0n) is 15.6. The first-order chi connectivity index (χ1) is 13.8. The first-order valence-electron chi connectivity index (χ1n) is 8.49. The molecule has 0 atom stereocenters. The Balaban J connectivity index is 1.87. The van der Waals surface area contributed by atoms with Crippen molar-refractivity contribution in [2.75, 3.05) is 26.0 Å². The normalized spacial score (nSPS) is 11.0. The number of nitrogens with one attached hydrogen (secondary N) is 2. The van der Waals surface area contributed by atoms with Crippen LogP contribution >= 0.6 is 0 Å². The molecular formula is C18H20FN3O6S. The second kappa shape index (κ2) is 10.5. The molecule has 29 heavy (non-hydrogen) atoms. The Morgan fingerprint density at radius 1 is 1.14 bits per heavy atom. The molecule has 0 aliphatic heterocycles. The second-order valence-corrected chi connectivity index (χ2v) is 7.66. The molecule has 2 amide bonds. The van der Waals surface area contributed by atoms with Crippen LogP contribution in [-0.2, 0) is 21.2 Å². The molecule has 2 N–H and O–H groups in total. The molecule has 1 aromatic carbocycles. The van der Waals surface area contributed by atoms with Crippen LogP contribution in [0.15, 0.2) is 42.6 Å². The molecule has 156 valence electrons. The van der Waals surface area contributed by atoms with E-state index < -0.39 is 27.8 Å². The Bertz CT molecular complexity index is 933. The molecular weight excluding hydrogens is 405 g/mol. The Kier molecular flexibility index (Phi) is 8.04. The standard InChI is InChI=1S/C18H20FN3O6S/c1-27-10-9-20-18(24)28-16-7-4-14(12-21-16)17(23)22-29(25,26)11-8-13-2-5-15(19)6-3-13/h2-7,12H,8-11H2,1H3,(H,20,24)(H,22,23). The van der Waals surface area contributed by atoms with Gasteiger partial charge in [0, 0.05) is 25.9 Å². The zero-order chi connectivity index (χ0) is 21.3. The van der Waals surface area contributed by atoms with Gasteiger partial charge in [-0.1, -0.05) is 12.1 Å². The van der Waals surface area contributed by atoms with Crippen LogP contribution in [0.5, 0.6) is 5.88 Å². The summed E-state index contributed by atoms with van der Waals surface area (Å²) in [7, 11) is -2.42. The average Bonchev–Trinajstić information content (AvgIpc) is 2.68. The van der Waals surface area contributed by atoms with Gasteiger partial charge in [0.1, 0.15) is 5.82 Å². The summed E-state index contributed by atoms with van der Waals surface area (Å²) >= 11 is 0. The van der Waals surface area contributed by atoms with Gasteiger partial charge >= 0.3 is 6.09 Å². The van der Waals surface area contributed by atoms with E-state index in [2.05, 4.69) is 10.3 Å². The lowest BCUT2D eigenvalue weighted by molar-refractivity contribution is 0.0981. The SMILES string of the molecule is COCCNC(=O)Oc1ccc(C(=O)NS(=O)(=O)CCc2ccc(F)cc2)cn1. The van der Waals surface area contributed by atoms with Crippen molar-refractivity contribution in [3.05, 3.63) is 59.5 Å². The van der Waals surface area contributed by atoms with Crippen molar-refractivity contribution >= 4 is 22.0 Å². The van der Waals surface area contributed by atoms with Crippen molar-refractivity contribution in [2.45, 2.75) is 6.42 Å². The van der Waals surface area contributed by atoms with E-state index >= 15 is 0 Å². The number of methoxy groups -OCH3 is 1. The van der Waals surface area contributed by atoms with E-state index in [9.17, 15) is 22.4 Å². The number of pyridine rings is 1. The van der Waals surface area contributed by atoms with Crippen molar-refractivity contribution in [1.29, 1.82) is 0 Å². The lowest BCUT2D eigenvalue weighted by atomic mass is 10.2. The summed E-state index contributed by atoms with van der Waals surface area (Å²) in [5, 5.41) is 2.43. The van der Waals surface area contributed by atoms with Gasteiger partial charge in [0.2, 0.25) is 15.9 Å². The van der Waals surface area contributed by atoms with E-state index in [0.717, 1.165) is 6.20 Å². The molecule has 2 aromatic rings. The number of benzene rings is 1. The fourth-order valence-corrected chi connectivity index (χ4v) is 3.12. The third kappa shape index (κ3) is 7.84. The molecule has 0 spiro atoms. The van der Waals surface area contributed by atoms with Gasteiger partial charge in [-0.15, -0.1) is 0 Å². The van der Waals surface area contributed by atoms with Crippen molar-refractivity contribution in [2.24, 2.45) is 0 Å². The summed E-state index contributed by atoms with van der Waals surface area (Å²) in [6.45, 7) is 0.572. The highest BCUT2D eigenvalue weighted by Gasteiger charge is 2.17. The quantitative estimate of drug-likeness (QED) is 0.580. The van der Waals surface area contributed by atoms with Gasteiger partial charge in [-0.2, -0.15) is 0 Å². The Labute approximate surface area is 167 Å². The largest absolute Gasteiger partial charge is 0.414 e. The number of aryl methyl sites for hydroxylation is 1. The first-order valence-corrected chi connectivity index (χ1v) is 10.1. The lowest BCUT2D eigenvalue weighted by Gasteiger charge is -2.08. The van der Waals surface area contributed by atoms with Gasteiger partial charge in [-0.05, 0) is 30.2 Å². The van der Waals surface area contributed by atoms with Gasteiger partial charge in [-0.25, -0.2) is 27.3 Å². The maximum absolute atomic E-state index is 12.9. The average molecular weight is 425 g/mol. The van der Waals surface area contributed by atoms with Crippen LogP contribution in [0.1, 0.15) is 15.9 Å². The van der Waals surface area contributed by atoms with Crippen molar-refractivity contribution in [1.82, 2.24) is 15.0 Å². The molecule has 0 fully saturated rings. The van der Waals surface area contributed by atoms with Crippen molar-refractivity contribution < 1.29 is 31.9 Å². The van der Waals surface area contributed by atoms with E-state index in [1.807, 2.05) is 4.72 Å². The van der Waals surface area contributed by atoms with Gasteiger partial charge in [0.15, 0.2) is 0 Å². The monoisotopic (exact) mass is 425 g/mol. The summed E-state index contributed by atoms with van der Waals surface area (Å²) < 4.78 is 48.6. The fraction of sp³-hybridized carbons (Fsp3) is 0.278. The number of hydrogen-bond acceptors (Lipinski definition) is 7. The number of carbonyl (C=O) groups excluding carboxylic acids is 2. The molecule has 0 aliphatic rings. The highest BCUT2D eigenvalue weighted by Crippen LogP contribution is 2.09. The predicted molar refractivity (Wildman–Crippen MR) is 101 cm³/mol. The molecule has 1 aromatic heterocycles. The van der Waals surface area contributed by atoms with Crippen LogP contribution < -0.4 is 14.8 Å². The molecule has 11 heteroatoms. The van der Waals surface area contributed by atoms with E-state index in [1.165, 1.54) is 43.5 Å². The van der Waals surface area contributed by atoms with E-state index in [0.29, 0.717) is 12.2 Å². The smallest absolute Gasteiger partial charge is 0.391 e. The maximum atomic E-state index is 12.9. The number of hydrogen-bond donors (Lipinski definition) is 2. The van der Waals surface area contributed by atoms with E-state index in [-0.39, 0.29) is 30.2 Å².